The number of amides is 3. The summed E-state index contributed by atoms with van der Waals surface area (Å²) in [6, 6.07) is 6.50. The summed E-state index contributed by atoms with van der Waals surface area (Å²) in [5, 5.41) is 2.53. The average molecular weight is 331 g/mol. The maximum absolute atomic E-state index is 12.5. The molecule has 0 spiro atoms. The van der Waals surface area contributed by atoms with Crippen LogP contribution < -0.4 is 5.32 Å². The highest BCUT2D eigenvalue weighted by Crippen LogP contribution is 2.11. The van der Waals surface area contributed by atoms with E-state index in [4.69, 9.17) is 0 Å². The van der Waals surface area contributed by atoms with Gasteiger partial charge in [0.1, 0.15) is 6.29 Å². The van der Waals surface area contributed by atoms with Crippen LogP contribution >= 0.6 is 0 Å². The van der Waals surface area contributed by atoms with E-state index in [0.29, 0.717) is 37.3 Å². The standard InChI is InChI=1S/C17H21N3O4/c1-18-16(23)13-4-6-14(7-5-13)17(24)20-10-8-19(9-11-20)15(22)3-2-12-21/h4-7,12H,2-3,8-11H2,1H3,(H,18,23). The van der Waals surface area contributed by atoms with Crippen LogP contribution in [0.5, 0.6) is 0 Å². The van der Waals surface area contributed by atoms with Crippen LogP contribution in [0.4, 0.5) is 0 Å². The first-order chi connectivity index (χ1) is 11.6. The topological polar surface area (TPSA) is 86.8 Å². The highest BCUT2D eigenvalue weighted by Gasteiger charge is 2.24. The van der Waals surface area contributed by atoms with E-state index in [2.05, 4.69) is 5.32 Å². The molecule has 0 aliphatic carbocycles. The fourth-order valence-electron chi connectivity index (χ4n) is 2.59. The van der Waals surface area contributed by atoms with Crippen molar-refractivity contribution in [3.63, 3.8) is 0 Å². The van der Waals surface area contributed by atoms with Crippen LogP contribution in [0.2, 0.25) is 0 Å². The number of piperazine rings is 1. The fourth-order valence-corrected chi connectivity index (χ4v) is 2.59. The lowest BCUT2D eigenvalue weighted by Crippen LogP contribution is -2.50. The number of nitrogens with one attached hydrogen (secondary N) is 1. The Morgan fingerprint density at radius 1 is 1.00 bits per heavy atom. The van der Waals surface area contributed by atoms with E-state index in [9.17, 15) is 19.2 Å². The summed E-state index contributed by atoms with van der Waals surface area (Å²) in [5.74, 6) is -0.362. The molecule has 24 heavy (non-hydrogen) atoms. The minimum Gasteiger partial charge on any atom is -0.355 e. The van der Waals surface area contributed by atoms with Gasteiger partial charge in [0.05, 0.1) is 0 Å². The third-order valence-electron chi connectivity index (χ3n) is 4.02. The molecule has 7 nitrogen and oxygen atoms in total. The van der Waals surface area contributed by atoms with Crippen LogP contribution in [0, 0.1) is 0 Å². The van der Waals surface area contributed by atoms with Gasteiger partial charge in [0, 0.05) is 57.2 Å². The molecule has 1 fully saturated rings. The third-order valence-corrected chi connectivity index (χ3v) is 4.02. The predicted octanol–water partition coefficient (Wildman–Crippen LogP) is 0.310. The number of carbonyl (C=O) groups excluding carboxylic acids is 4. The predicted molar refractivity (Wildman–Crippen MR) is 87.6 cm³/mol. The highest BCUT2D eigenvalue weighted by molar-refractivity contribution is 5.97. The first-order valence-electron chi connectivity index (χ1n) is 7.89. The van der Waals surface area contributed by atoms with Crippen molar-refractivity contribution in [1.82, 2.24) is 15.1 Å². The molecule has 1 N–H and O–H groups in total. The van der Waals surface area contributed by atoms with Crippen molar-refractivity contribution in [3.05, 3.63) is 35.4 Å². The molecule has 3 amide bonds. The summed E-state index contributed by atoms with van der Waals surface area (Å²) in [6.07, 6.45) is 1.19. The minimum absolute atomic E-state index is 0.0517. The van der Waals surface area contributed by atoms with Crippen LogP contribution in [0.25, 0.3) is 0 Å². The number of benzene rings is 1. The molecule has 1 aromatic rings. The number of aldehydes is 1. The van der Waals surface area contributed by atoms with Gasteiger partial charge in [-0.2, -0.15) is 0 Å². The van der Waals surface area contributed by atoms with Gasteiger partial charge in [0.25, 0.3) is 11.8 Å². The van der Waals surface area contributed by atoms with Gasteiger partial charge in [0.2, 0.25) is 5.91 Å². The Morgan fingerprint density at radius 2 is 1.54 bits per heavy atom. The lowest BCUT2D eigenvalue weighted by molar-refractivity contribution is -0.133. The molecule has 1 saturated heterocycles. The fraction of sp³-hybridized carbons (Fsp3) is 0.412. The Morgan fingerprint density at radius 3 is 2.08 bits per heavy atom. The van der Waals surface area contributed by atoms with Gasteiger partial charge in [-0.3, -0.25) is 14.4 Å². The van der Waals surface area contributed by atoms with Crippen LogP contribution in [-0.4, -0.2) is 67.0 Å². The molecule has 1 aromatic carbocycles. The lowest BCUT2D eigenvalue weighted by Gasteiger charge is -2.34. The van der Waals surface area contributed by atoms with E-state index in [1.165, 1.54) is 0 Å². The second kappa shape index (κ2) is 8.24. The molecule has 2 rings (SSSR count). The summed E-state index contributed by atoms with van der Waals surface area (Å²) >= 11 is 0. The number of rotatable bonds is 5. The molecule has 0 bridgehead atoms. The first kappa shape index (κ1) is 17.7. The molecule has 0 unspecified atom stereocenters. The number of nitrogens with zero attached hydrogens (tertiary/aromatic N) is 2. The molecule has 128 valence electrons. The Hall–Kier alpha value is -2.70. The summed E-state index contributed by atoms with van der Waals surface area (Å²) in [7, 11) is 1.55. The average Bonchev–Trinajstić information content (AvgIpc) is 2.65. The van der Waals surface area contributed by atoms with Crippen LogP contribution in [0.15, 0.2) is 24.3 Å². The van der Waals surface area contributed by atoms with Crippen LogP contribution in [0.1, 0.15) is 33.6 Å². The number of hydrogen-bond donors (Lipinski definition) is 1. The normalized spacial score (nSPS) is 14.2. The Balaban J connectivity index is 1.91. The van der Waals surface area contributed by atoms with E-state index in [1.54, 1.807) is 41.1 Å². The van der Waals surface area contributed by atoms with Crippen LogP contribution in [0.3, 0.4) is 0 Å². The molecule has 1 heterocycles. The number of carbonyl (C=O) groups is 4. The maximum Gasteiger partial charge on any atom is 0.253 e. The van der Waals surface area contributed by atoms with E-state index < -0.39 is 0 Å². The minimum atomic E-state index is -0.198. The van der Waals surface area contributed by atoms with Gasteiger partial charge < -0.3 is 19.9 Å². The van der Waals surface area contributed by atoms with E-state index in [-0.39, 0.29) is 30.6 Å². The van der Waals surface area contributed by atoms with Crippen LogP contribution in [-0.2, 0) is 9.59 Å². The molecule has 1 aliphatic rings. The van der Waals surface area contributed by atoms with E-state index in [1.807, 2.05) is 0 Å². The molecular weight excluding hydrogens is 310 g/mol. The van der Waals surface area contributed by atoms with Crippen molar-refractivity contribution >= 4 is 24.0 Å². The SMILES string of the molecule is CNC(=O)c1ccc(C(=O)N2CCN(C(=O)CCC=O)CC2)cc1. The van der Waals surface area contributed by atoms with E-state index in [0.717, 1.165) is 6.29 Å². The first-order valence-corrected chi connectivity index (χ1v) is 7.89. The van der Waals surface area contributed by atoms with Crippen molar-refractivity contribution in [3.8, 4) is 0 Å². The highest BCUT2D eigenvalue weighted by atomic mass is 16.2. The molecule has 0 radical (unpaired) electrons. The zero-order valence-corrected chi connectivity index (χ0v) is 13.7. The quantitative estimate of drug-likeness (QED) is 0.787. The lowest BCUT2D eigenvalue weighted by atomic mass is 10.1. The third kappa shape index (κ3) is 4.18. The second-order valence-corrected chi connectivity index (χ2v) is 5.53. The molecule has 0 atom stereocenters. The Kier molecular flexibility index (Phi) is 6.06. The Labute approximate surface area is 140 Å². The molecule has 1 aliphatic heterocycles. The van der Waals surface area contributed by atoms with E-state index >= 15 is 0 Å². The summed E-state index contributed by atoms with van der Waals surface area (Å²) in [4.78, 5) is 49.5. The van der Waals surface area contributed by atoms with Gasteiger partial charge in [-0.25, -0.2) is 0 Å². The molecule has 0 saturated carbocycles. The van der Waals surface area contributed by atoms with Gasteiger partial charge >= 0.3 is 0 Å². The largest absolute Gasteiger partial charge is 0.355 e. The van der Waals surface area contributed by atoms with Crippen molar-refractivity contribution < 1.29 is 19.2 Å². The second-order valence-electron chi connectivity index (χ2n) is 5.53. The van der Waals surface area contributed by atoms with Crippen molar-refractivity contribution in [2.75, 3.05) is 33.2 Å². The zero-order chi connectivity index (χ0) is 17.5. The van der Waals surface area contributed by atoms with Gasteiger partial charge in [0.15, 0.2) is 0 Å². The monoisotopic (exact) mass is 331 g/mol. The Bertz CT molecular complexity index is 619. The number of hydrogen-bond acceptors (Lipinski definition) is 4. The van der Waals surface area contributed by atoms with Gasteiger partial charge in [-0.1, -0.05) is 0 Å². The molecule has 0 aromatic heterocycles. The zero-order valence-electron chi connectivity index (χ0n) is 13.7. The summed E-state index contributed by atoms with van der Waals surface area (Å²) < 4.78 is 0. The smallest absolute Gasteiger partial charge is 0.253 e. The van der Waals surface area contributed by atoms with Gasteiger partial charge in [-0.15, -0.1) is 0 Å². The molecule has 7 heteroatoms. The summed E-state index contributed by atoms with van der Waals surface area (Å²) in [6.45, 7) is 1.87. The van der Waals surface area contributed by atoms with Crippen molar-refractivity contribution in [2.24, 2.45) is 0 Å². The molecular formula is C17H21N3O4. The summed E-state index contributed by atoms with van der Waals surface area (Å²) in [5.41, 5.74) is 1.02. The van der Waals surface area contributed by atoms with Crippen molar-refractivity contribution in [2.45, 2.75) is 12.8 Å². The van der Waals surface area contributed by atoms with Gasteiger partial charge in [-0.05, 0) is 24.3 Å². The van der Waals surface area contributed by atoms with Crippen molar-refractivity contribution in [1.29, 1.82) is 0 Å². The maximum atomic E-state index is 12.5.